The second kappa shape index (κ2) is 7.82. The van der Waals surface area contributed by atoms with Gasteiger partial charge in [0.1, 0.15) is 5.75 Å². The van der Waals surface area contributed by atoms with Crippen LogP contribution in [0.1, 0.15) is 27.1 Å². The Balaban J connectivity index is 1.47. The van der Waals surface area contributed by atoms with Gasteiger partial charge in [-0.3, -0.25) is 10.1 Å². The average molecular weight is 388 g/mol. The molecule has 28 heavy (non-hydrogen) atoms. The number of carbonyl (C=O) groups excluding carboxylic acids is 1. The van der Waals surface area contributed by atoms with Crippen LogP contribution in [0.25, 0.3) is 6.08 Å². The lowest BCUT2D eigenvalue weighted by Gasteiger charge is -2.04. The second-order valence-corrected chi connectivity index (χ2v) is 7.85. The Hall–Kier alpha value is -3.18. The molecule has 1 amide bonds. The number of thiazole rings is 1. The lowest BCUT2D eigenvalue weighted by Crippen LogP contribution is -2.12. The predicted octanol–water partition coefficient (Wildman–Crippen LogP) is 5.28. The van der Waals surface area contributed by atoms with Gasteiger partial charge in [0.2, 0.25) is 0 Å². The number of nitrogens with zero attached hydrogens (tertiary/aromatic N) is 1. The summed E-state index contributed by atoms with van der Waals surface area (Å²) in [6.45, 7) is 4.23. The van der Waals surface area contributed by atoms with Gasteiger partial charge in [-0.25, -0.2) is 4.98 Å². The number of ether oxygens (including phenoxy) is 1. The van der Waals surface area contributed by atoms with Crippen molar-refractivity contribution in [3.8, 4) is 5.75 Å². The fraction of sp³-hybridized carbons (Fsp3) is 0.130. The lowest BCUT2D eigenvalue weighted by molar-refractivity contribution is -0.112. The molecule has 0 saturated heterocycles. The molecule has 0 fully saturated rings. The molecule has 5 heteroatoms. The number of anilines is 1. The quantitative estimate of drug-likeness (QED) is 0.662. The van der Waals surface area contributed by atoms with Crippen LogP contribution in [0.5, 0.6) is 5.75 Å². The largest absolute Gasteiger partial charge is 0.464 e. The number of aromatic nitrogens is 1. The van der Waals surface area contributed by atoms with Crippen LogP contribution in [-0.4, -0.2) is 10.9 Å². The van der Waals surface area contributed by atoms with Crippen molar-refractivity contribution in [2.24, 2.45) is 0 Å². The Morgan fingerprint density at radius 1 is 1.14 bits per heavy atom. The molecule has 3 aromatic rings. The molecule has 2 heterocycles. The zero-order chi connectivity index (χ0) is 19.5. The van der Waals surface area contributed by atoms with Gasteiger partial charge >= 0.3 is 0 Å². The highest BCUT2D eigenvalue weighted by Crippen LogP contribution is 2.26. The number of carbonyl (C=O) groups is 1. The summed E-state index contributed by atoms with van der Waals surface area (Å²) in [6, 6.07) is 14.1. The van der Waals surface area contributed by atoms with Gasteiger partial charge in [-0.05, 0) is 48.8 Å². The van der Waals surface area contributed by atoms with Crippen LogP contribution >= 0.6 is 11.3 Å². The SMILES string of the molecule is Cc1ccc(Cc2cnc(NC(=O)C3=Cc4ccccc4OC=C3)s2)cc1C. The van der Waals surface area contributed by atoms with E-state index in [2.05, 4.69) is 42.3 Å². The summed E-state index contributed by atoms with van der Waals surface area (Å²) in [5.74, 6) is 0.523. The van der Waals surface area contributed by atoms with Gasteiger partial charge in [-0.2, -0.15) is 0 Å². The van der Waals surface area contributed by atoms with Crippen LogP contribution in [0.4, 0.5) is 5.13 Å². The van der Waals surface area contributed by atoms with Gasteiger partial charge in [0, 0.05) is 28.6 Å². The van der Waals surface area contributed by atoms with Gasteiger partial charge in [0.25, 0.3) is 5.91 Å². The first kappa shape index (κ1) is 18.2. The molecule has 1 aliphatic rings. The van der Waals surface area contributed by atoms with E-state index >= 15 is 0 Å². The summed E-state index contributed by atoms with van der Waals surface area (Å²) in [7, 11) is 0. The van der Waals surface area contributed by atoms with Crippen molar-refractivity contribution in [2.75, 3.05) is 5.32 Å². The normalized spacial score (nSPS) is 12.6. The third kappa shape index (κ3) is 4.05. The lowest BCUT2D eigenvalue weighted by atomic mass is 10.0. The Morgan fingerprint density at radius 3 is 2.86 bits per heavy atom. The number of benzene rings is 2. The molecule has 0 spiro atoms. The maximum Gasteiger partial charge on any atom is 0.257 e. The maximum absolute atomic E-state index is 12.7. The number of rotatable bonds is 4. The van der Waals surface area contributed by atoms with E-state index in [0.29, 0.717) is 10.7 Å². The fourth-order valence-corrected chi connectivity index (χ4v) is 3.82. The number of hydrogen-bond donors (Lipinski definition) is 1. The van der Waals surface area contributed by atoms with Crippen molar-refractivity contribution < 1.29 is 9.53 Å². The first-order valence-electron chi connectivity index (χ1n) is 9.04. The van der Waals surface area contributed by atoms with Gasteiger partial charge in [0.05, 0.1) is 6.26 Å². The maximum atomic E-state index is 12.7. The summed E-state index contributed by atoms with van der Waals surface area (Å²) >= 11 is 1.50. The van der Waals surface area contributed by atoms with Crippen molar-refractivity contribution in [1.29, 1.82) is 0 Å². The molecule has 0 bridgehead atoms. The Bertz CT molecular complexity index is 1100. The van der Waals surface area contributed by atoms with E-state index in [4.69, 9.17) is 4.74 Å². The summed E-state index contributed by atoms with van der Waals surface area (Å²) in [6.07, 6.45) is 7.64. The molecule has 2 aromatic carbocycles. The van der Waals surface area contributed by atoms with Gasteiger partial charge in [0.15, 0.2) is 5.13 Å². The van der Waals surface area contributed by atoms with Gasteiger partial charge < -0.3 is 4.74 Å². The van der Waals surface area contributed by atoms with Crippen molar-refractivity contribution in [2.45, 2.75) is 20.3 Å². The van der Waals surface area contributed by atoms with E-state index in [1.165, 1.54) is 34.3 Å². The number of fused-ring (bicyclic) bond motifs is 1. The molecule has 0 saturated carbocycles. The second-order valence-electron chi connectivity index (χ2n) is 6.74. The molecule has 0 atom stereocenters. The number of amides is 1. The molecule has 1 N–H and O–H groups in total. The molecule has 0 aliphatic carbocycles. The van der Waals surface area contributed by atoms with E-state index < -0.39 is 0 Å². The molecule has 140 valence electrons. The average Bonchev–Trinajstić information content (AvgIpc) is 2.99. The summed E-state index contributed by atoms with van der Waals surface area (Å²) in [5, 5.41) is 3.48. The monoisotopic (exact) mass is 388 g/mol. The first-order chi connectivity index (χ1) is 13.6. The summed E-state index contributed by atoms with van der Waals surface area (Å²) in [4.78, 5) is 18.1. The zero-order valence-corrected chi connectivity index (χ0v) is 16.5. The highest BCUT2D eigenvalue weighted by Gasteiger charge is 2.14. The highest BCUT2D eigenvalue weighted by molar-refractivity contribution is 7.15. The highest BCUT2D eigenvalue weighted by atomic mass is 32.1. The standard InChI is InChI=1S/C23H20N2O2S/c1-15-7-8-17(11-16(15)2)12-20-14-24-23(28-20)25-22(26)19-9-10-27-21-6-4-3-5-18(21)13-19/h3-11,13-14H,12H2,1-2H3,(H,24,25,26). The third-order valence-electron chi connectivity index (χ3n) is 4.66. The summed E-state index contributed by atoms with van der Waals surface area (Å²) < 4.78 is 5.54. The van der Waals surface area contributed by atoms with Crippen molar-refractivity contribution in [3.63, 3.8) is 0 Å². The minimum absolute atomic E-state index is 0.205. The van der Waals surface area contributed by atoms with Gasteiger partial charge in [-0.1, -0.05) is 36.4 Å². The van der Waals surface area contributed by atoms with E-state index in [9.17, 15) is 4.79 Å². The van der Waals surface area contributed by atoms with Crippen molar-refractivity contribution in [1.82, 2.24) is 4.98 Å². The van der Waals surface area contributed by atoms with E-state index in [1.807, 2.05) is 36.5 Å². The number of aryl methyl sites for hydroxylation is 2. The third-order valence-corrected chi connectivity index (χ3v) is 5.57. The van der Waals surface area contributed by atoms with E-state index in [1.54, 1.807) is 6.08 Å². The van der Waals surface area contributed by atoms with E-state index in [0.717, 1.165) is 22.6 Å². The van der Waals surface area contributed by atoms with Crippen LogP contribution in [-0.2, 0) is 11.2 Å². The van der Waals surface area contributed by atoms with Crippen molar-refractivity contribution >= 4 is 28.5 Å². The minimum atomic E-state index is -0.205. The van der Waals surface area contributed by atoms with Crippen LogP contribution < -0.4 is 10.1 Å². The number of para-hydroxylation sites is 1. The smallest absolute Gasteiger partial charge is 0.257 e. The molecule has 0 radical (unpaired) electrons. The molecular formula is C23H20N2O2S. The Morgan fingerprint density at radius 2 is 2.00 bits per heavy atom. The number of nitrogens with one attached hydrogen (secondary N) is 1. The van der Waals surface area contributed by atoms with Crippen LogP contribution in [0.2, 0.25) is 0 Å². The van der Waals surface area contributed by atoms with E-state index in [-0.39, 0.29) is 5.91 Å². The molecule has 1 aromatic heterocycles. The van der Waals surface area contributed by atoms with Gasteiger partial charge in [-0.15, -0.1) is 11.3 Å². The molecule has 1 aliphatic heterocycles. The van der Waals surface area contributed by atoms with Crippen LogP contribution in [0.15, 0.2) is 66.6 Å². The Labute approximate surface area is 168 Å². The van der Waals surface area contributed by atoms with Crippen LogP contribution in [0, 0.1) is 13.8 Å². The fourth-order valence-electron chi connectivity index (χ4n) is 2.98. The van der Waals surface area contributed by atoms with Crippen LogP contribution in [0.3, 0.4) is 0 Å². The molecule has 4 nitrogen and oxygen atoms in total. The minimum Gasteiger partial charge on any atom is -0.464 e. The molecule has 0 unspecified atom stereocenters. The predicted molar refractivity (Wildman–Crippen MR) is 114 cm³/mol. The first-order valence-corrected chi connectivity index (χ1v) is 9.86. The zero-order valence-electron chi connectivity index (χ0n) is 15.7. The molecular weight excluding hydrogens is 368 g/mol. The Kier molecular flexibility index (Phi) is 5.08. The topological polar surface area (TPSA) is 51.2 Å². The van der Waals surface area contributed by atoms with Crippen molar-refractivity contribution in [3.05, 3.63) is 93.7 Å². The number of hydrogen-bond acceptors (Lipinski definition) is 4. The summed E-state index contributed by atoms with van der Waals surface area (Å²) in [5.41, 5.74) is 5.21. The molecule has 4 rings (SSSR count).